The summed E-state index contributed by atoms with van der Waals surface area (Å²) in [5, 5.41) is 10.5. The van der Waals surface area contributed by atoms with E-state index in [9.17, 15) is 19.5 Å². The summed E-state index contributed by atoms with van der Waals surface area (Å²) in [6.07, 6.45) is 5.25. The molecule has 1 N–H and O–H groups in total. The summed E-state index contributed by atoms with van der Waals surface area (Å²) in [4.78, 5) is 48.9. The van der Waals surface area contributed by atoms with E-state index in [1.807, 2.05) is 44.2 Å². The molecule has 3 saturated heterocycles. The van der Waals surface area contributed by atoms with Crippen molar-refractivity contribution < 1.29 is 29.0 Å². The third-order valence-corrected chi connectivity index (χ3v) is 9.80. The predicted molar refractivity (Wildman–Crippen MR) is 169 cm³/mol. The Balaban J connectivity index is 1.63. The number of hydrogen-bond donors (Lipinski definition) is 1. The molecule has 9 nitrogen and oxygen atoms in total. The van der Waals surface area contributed by atoms with Gasteiger partial charge in [0.2, 0.25) is 11.8 Å². The minimum atomic E-state index is -1.23. The van der Waals surface area contributed by atoms with Gasteiger partial charge in [-0.15, -0.1) is 13.2 Å². The van der Waals surface area contributed by atoms with Gasteiger partial charge in [-0.05, 0) is 62.1 Å². The van der Waals surface area contributed by atoms with Crippen molar-refractivity contribution in [3.63, 3.8) is 0 Å². The van der Waals surface area contributed by atoms with E-state index in [1.54, 1.807) is 53.3 Å². The second-order valence-corrected chi connectivity index (χ2v) is 11.8. The zero-order valence-corrected chi connectivity index (χ0v) is 25.9. The number of fused-ring (bicyclic) bond motifs is 1. The zero-order chi connectivity index (χ0) is 31.6. The van der Waals surface area contributed by atoms with E-state index in [0.29, 0.717) is 42.8 Å². The highest BCUT2D eigenvalue weighted by Crippen LogP contribution is 2.65. The Bertz CT molecular complexity index is 1390. The fraction of sp³-hybridized carbons (Fsp3) is 0.457. The Morgan fingerprint density at radius 1 is 1.02 bits per heavy atom. The largest absolute Gasteiger partial charge is 0.497 e. The molecule has 2 aromatic rings. The van der Waals surface area contributed by atoms with E-state index in [4.69, 9.17) is 9.47 Å². The SMILES string of the molecule is C=CCN(C(=O)C1N([C@@H](CC)CO)C(=O)[C@@H]2[C@H](C(=O)N(CC=C)c3ccccc3)[C@]3(CC)CCC12O3)c1ccc(OC)cc1. The van der Waals surface area contributed by atoms with Crippen molar-refractivity contribution in [3.8, 4) is 5.75 Å². The van der Waals surface area contributed by atoms with Crippen LogP contribution in [0, 0.1) is 11.8 Å². The van der Waals surface area contributed by atoms with Crippen molar-refractivity contribution in [2.75, 3.05) is 36.6 Å². The van der Waals surface area contributed by atoms with Gasteiger partial charge in [-0.3, -0.25) is 14.4 Å². The summed E-state index contributed by atoms with van der Waals surface area (Å²) >= 11 is 0. The number of hydrogen-bond acceptors (Lipinski definition) is 6. The van der Waals surface area contributed by atoms with Crippen molar-refractivity contribution in [1.82, 2.24) is 4.90 Å². The molecule has 1 spiro atoms. The van der Waals surface area contributed by atoms with Crippen LogP contribution in [-0.2, 0) is 19.1 Å². The first kappa shape index (κ1) is 31.5. The molecule has 9 heteroatoms. The monoisotopic (exact) mass is 601 g/mol. The molecule has 3 amide bonds. The summed E-state index contributed by atoms with van der Waals surface area (Å²) < 4.78 is 12.3. The van der Waals surface area contributed by atoms with Crippen LogP contribution in [0.2, 0.25) is 0 Å². The van der Waals surface area contributed by atoms with E-state index < -0.39 is 35.1 Å². The van der Waals surface area contributed by atoms with Gasteiger partial charge < -0.3 is 29.3 Å². The van der Waals surface area contributed by atoms with Crippen LogP contribution in [0.1, 0.15) is 39.5 Å². The van der Waals surface area contributed by atoms with Gasteiger partial charge >= 0.3 is 0 Å². The lowest BCUT2D eigenvalue weighted by Crippen LogP contribution is -2.59. The molecular formula is C35H43N3O6. The van der Waals surface area contributed by atoms with E-state index in [0.717, 1.165) is 0 Å². The van der Waals surface area contributed by atoms with Crippen molar-refractivity contribution in [1.29, 1.82) is 0 Å². The highest BCUT2D eigenvalue weighted by molar-refractivity contribution is 6.07. The smallest absolute Gasteiger partial charge is 0.253 e. The maximum atomic E-state index is 14.8. The molecule has 2 bridgehead atoms. The molecule has 5 rings (SSSR count). The zero-order valence-electron chi connectivity index (χ0n) is 25.9. The second kappa shape index (κ2) is 12.6. The number of aliphatic hydroxyl groups excluding tert-OH is 1. The van der Waals surface area contributed by atoms with E-state index >= 15 is 0 Å². The number of carbonyl (C=O) groups excluding carboxylic acids is 3. The quantitative estimate of drug-likeness (QED) is 0.343. The molecule has 3 heterocycles. The van der Waals surface area contributed by atoms with E-state index in [-0.39, 0.29) is 37.4 Å². The Morgan fingerprint density at radius 2 is 1.64 bits per heavy atom. The third kappa shape index (κ3) is 4.82. The number of likely N-dealkylation sites (tertiary alicyclic amines) is 1. The molecule has 0 saturated carbocycles. The number of ether oxygens (including phenoxy) is 2. The van der Waals surface area contributed by atoms with Gasteiger partial charge in [-0.25, -0.2) is 0 Å². The van der Waals surface area contributed by atoms with Gasteiger partial charge in [0.25, 0.3) is 5.91 Å². The lowest BCUT2D eigenvalue weighted by atomic mass is 9.64. The molecule has 6 atom stereocenters. The van der Waals surface area contributed by atoms with Crippen LogP contribution in [0.15, 0.2) is 79.9 Å². The van der Waals surface area contributed by atoms with Crippen molar-refractivity contribution >= 4 is 29.1 Å². The molecule has 3 aliphatic heterocycles. The number of para-hydroxylation sites is 1. The van der Waals surface area contributed by atoms with Crippen molar-refractivity contribution in [2.45, 2.75) is 62.8 Å². The molecule has 0 aromatic heterocycles. The van der Waals surface area contributed by atoms with Gasteiger partial charge in [-0.1, -0.05) is 44.2 Å². The van der Waals surface area contributed by atoms with Crippen LogP contribution in [-0.4, -0.2) is 77.8 Å². The van der Waals surface area contributed by atoms with Gasteiger partial charge in [0, 0.05) is 24.5 Å². The molecule has 234 valence electrons. The summed E-state index contributed by atoms with van der Waals surface area (Å²) in [7, 11) is 1.58. The Kier molecular flexibility index (Phi) is 9.00. The fourth-order valence-electron chi connectivity index (χ4n) is 7.71. The van der Waals surface area contributed by atoms with Crippen LogP contribution in [0.3, 0.4) is 0 Å². The number of anilines is 2. The Labute approximate surface area is 259 Å². The van der Waals surface area contributed by atoms with Crippen molar-refractivity contribution in [3.05, 3.63) is 79.9 Å². The standard InChI is InChI=1S/C35H43N3O6/c1-6-21-36(25-13-11-10-12-14-25)31(40)28-29-32(41)38(24(8-3)23-39)30(35(29)20-19-34(28,9-4)44-35)33(42)37(22-7-2)26-15-17-27(43-5)18-16-26/h6-7,10-18,24,28-30,39H,1-2,8-9,19-23H2,3-5H3/t24-,28+,29-,30?,34-,35?/m0/s1. The minimum absolute atomic E-state index is 0.197. The maximum absolute atomic E-state index is 14.8. The van der Waals surface area contributed by atoms with Gasteiger partial charge in [-0.2, -0.15) is 0 Å². The Morgan fingerprint density at radius 3 is 2.18 bits per heavy atom. The first-order valence-corrected chi connectivity index (χ1v) is 15.4. The topological polar surface area (TPSA) is 99.6 Å². The fourth-order valence-corrected chi connectivity index (χ4v) is 7.71. The number of nitrogens with zero attached hydrogens (tertiary/aromatic N) is 3. The number of carbonyl (C=O) groups is 3. The molecule has 0 radical (unpaired) electrons. The lowest BCUT2D eigenvalue weighted by molar-refractivity contribution is -0.149. The number of rotatable bonds is 13. The number of amides is 3. The second-order valence-electron chi connectivity index (χ2n) is 11.8. The number of benzene rings is 2. The first-order valence-electron chi connectivity index (χ1n) is 15.4. The Hall–Kier alpha value is -3.95. The van der Waals surface area contributed by atoms with Crippen LogP contribution >= 0.6 is 0 Å². The van der Waals surface area contributed by atoms with Crippen LogP contribution < -0.4 is 14.5 Å². The summed E-state index contributed by atoms with van der Waals surface area (Å²) in [6, 6.07) is 14.8. The summed E-state index contributed by atoms with van der Waals surface area (Å²) in [6.45, 7) is 11.8. The first-order chi connectivity index (χ1) is 21.3. The van der Waals surface area contributed by atoms with Gasteiger partial charge in [0.15, 0.2) is 0 Å². The molecule has 0 aliphatic carbocycles. The van der Waals surface area contributed by atoms with Gasteiger partial charge in [0.1, 0.15) is 17.4 Å². The molecular weight excluding hydrogens is 558 g/mol. The molecule has 44 heavy (non-hydrogen) atoms. The van der Waals surface area contributed by atoms with Crippen molar-refractivity contribution in [2.24, 2.45) is 11.8 Å². The maximum Gasteiger partial charge on any atom is 0.253 e. The van der Waals surface area contributed by atoms with Crippen LogP contribution in [0.4, 0.5) is 11.4 Å². The average Bonchev–Trinajstić information content (AvgIpc) is 3.67. The highest BCUT2D eigenvalue weighted by Gasteiger charge is 2.79. The molecule has 2 unspecified atom stereocenters. The molecule has 2 aromatic carbocycles. The predicted octanol–water partition coefficient (Wildman–Crippen LogP) is 4.36. The number of methoxy groups -OCH3 is 1. The highest BCUT2D eigenvalue weighted by atomic mass is 16.5. The summed E-state index contributed by atoms with van der Waals surface area (Å²) in [5.74, 6) is -1.91. The summed E-state index contributed by atoms with van der Waals surface area (Å²) in [5.41, 5.74) is -0.809. The molecule has 3 fully saturated rings. The minimum Gasteiger partial charge on any atom is -0.497 e. The van der Waals surface area contributed by atoms with Crippen LogP contribution in [0.5, 0.6) is 5.75 Å². The van der Waals surface area contributed by atoms with E-state index in [2.05, 4.69) is 13.2 Å². The molecule has 3 aliphatic rings. The average molecular weight is 602 g/mol. The van der Waals surface area contributed by atoms with Crippen LogP contribution in [0.25, 0.3) is 0 Å². The normalized spacial score (nSPS) is 27.5. The lowest BCUT2D eigenvalue weighted by Gasteiger charge is -2.39. The number of aliphatic hydroxyl groups is 1. The van der Waals surface area contributed by atoms with Gasteiger partial charge in [0.05, 0.1) is 37.2 Å². The third-order valence-electron chi connectivity index (χ3n) is 9.80. The van der Waals surface area contributed by atoms with E-state index in [1.165, 1.54) is 4.90 Å².